The zero-order chi connectivity index (χ0) is 9.97. The van der Waals surface area contributed by atoms with Crippen molar-refractivity contribution in [2.24, 2.45) is 7.05 Å². The van der Waals surface area contributed by atoms with Crippen molar-refractivity contribution in [3.63, 3.8) is 0 Å². The number of rotatable bonds is 2. The maximum absolute atomic E-state index is 9.00. The number of benzene rings is 1. The molecule has 0 atom stereocenters. The third kappa shape index (κ3) is 1.54. The zero-order valence-electron chi connectivity index (χ0n) is 8.01. The molecule has 1 heterocycles. The highest BCUT2D eigenvalue weighted by Gasteiger charge is 2.02. The van der Waals surface area contributed by atoms with E-state index in [-0.39, 0.29) is 6.61 Å². The highest BCUT2D eigenvalue weighted by molar-refractivity contribution is 5.56. The number of aromatic nitrogens is 2. The summed E-state index contributed by atoms with van der Waals surface area (Å²) in [6.07, 6.45) is 3.67. The lowest BCUT2D eigenvalue weighted by Crippen LogP contribution is -1.92. The zero-order valence-corrected chi connectivity index (χ0v) is 8.01. The van der Waals surface area contributed by atoms with Crippen LogP contribution < -0.4 is 0 Å². The maximum Gasteiger partial charge on any atom is 0.139 e. The van der Waals surface area contributed by atoms with Crippen molar-refractivity contribution in [3.8, 4) is 11.4 Å². The van der Waals surface area contributed by atoms with Crippen LogP contribution in [0.1, 0.15) is 5.56 Å². The molecule has 0 bridgehead atoms. The van der Waals surface area contributed by atoms with Crippen LogP contribution in [0, 0.1) is 0 Å². The summed E-state index contributed by atoms with van der Waals surface area (Å²) in [7, 11) is 1.95. The average molecular weight is 188 g/mol. The number of hydrogen-bond donors (Lipinski definition) is 1. The van der Waals surface area contributed by atoms with Crippen LogP contribution in [0.25, 0.3) is 11.4 Å². The predicted molar refractivity (Wildman–Crippen MR) is 54.6 cm³/mol. The summed E-state index contributed by atoms with van der Waals surface area (Å²) in [6.45, 7) is 0.0677. The molecule has 0 radical (unpaired) electrons. The van der Waals surface area contributed by atoms with Crippen LogP contribution in [0.15, 0.2) is 36.7 Å². The van der Waals surface area contributed by atoms with Crippen LogP contribution >= 0.6 is 0 Å². The summed E-state index contributed by atoms with van der Waals surface area (Å²) in [4.78, 5) is 4.24. The van der Waals surface area contributed by atoms with Crippen molar-refractivity contribution in [2.45, 2.75) is 6.61 Å². The van der Waals surface area contributed by atoms with Crippen molar-refractivity contribution >= 4 is 0 Å². The Morgan fingerprint density at radius 1 is 1.43 bits per heavy atom. The quantitative estimate of drug-likeness (QED) is 0.777. The predicted octanol–water partition coefficient (Wildman–Crippen LogP) is 1.58. The van der Waals surface area contributed by atoms with Crippen molar-refractivity contribution in [2.75, 3.05) is 0 Å². The number of aliphatic hydroxyl groups excluding tert-OH is 1. The van der Waals surface area contributed by atoms with Crippen LogP contribution in [-0.2, 0) is 13.7 Å². The summed E-state index contributed by atoms with van der Waals surface area (Å²) in [6, 6.07) is 7.76. The summed E-state index contributed by atoms with van der Waals surface area (Å²) in [5.41, 5.74) is 1.94. The van der Waals surface area contributed by atoms with Crippen LogP contribution in [0.4, 0.5) is 0 Å². The van der Waals surface area contributed by atoms with Crippen LogP contribution in [0.3, 0.4) is 0 Å². The third-order valence-electron chi connectivity index (χ3n) is 2.19. The Kier molecular flexibility index (Phi) is 2.33. The first-order chi connectivity index (χ1) is 6.81. The van der Waals surface area contributed by atoms with Gasteiger partial charge in [0.1, 0.15) is 5.82 Å². The fourth-order valence-electron chi connectivity index (χ4n) is 1.45. The number of hydrogen-bond acceptors (Lipinski definition) is 2. The Balaban J connectivity index is 2.47. The normalized spacial score (nSPS) is 10.4. The SMILES string of the molecule is Cn1ccnc1-c1cccc(CO)c1. The van der Waals surface area contributed by atoms with E-state index in [1.165, 1.54) is 0 Å². The molecule has 14 heavy (non-hydrogen) atoms. The van der Waals surface area contributed by atoms with E-state index in [0.29, 0.717) is 0 Å². The Bertz CT molecular complexity index is 434. The minimum atomic E-state index is 0.0677. The number of aryl methyl sites for hydroxylation is 1. The molecule has 0 aliphatic carbocycles. The summed E-state index contributed by atoms with van der Waals surface area (Å²) in [5, 5.41) is 9.00. The van der Waals surface area contributed by atoms with E-state index in [0.717, 1.165) is 17.0 Å². The first-order valence-electron chi connectivity index (χ1n) is 4.49. The maximum atomic E-state index is 9.00. The minimum Gasteiger partial charge on any atom is -0.392 e. The number of nitrogens with zero attached hydrogens (tertiary/aromatic N) is 2. The first-order valence-corrected chi connectivity index (χ1v) is 4.49. The molecular formula is C11H12N2O. The van der Waals surface area contributed by atoms with Gasteiger partial charge in [0.05, 0.1) is 6.61 Å². The minimum absolute atomic E-state index is 0.0677. The molecule has 1 aromatic heterocycles. The van der Waals surface area contributed by atoms with Gasteiger partial charge in [0.25, 0.3) is 0 Å². The molecule has 0 spiro atoms. The Labute approximate surface area is 82.7 Å². The fourth-order valence-corrected chi connectivity index (χ4v) is 1.45. The van der Waals surface area contributed by atoms with Crippen molar-refractivity contribution < 1.29 is 5.11 Å². The molecule has 2 aromatic rings. The van der Waals surface area contributed by atoms with E-state index in [9.17, 15) is 0 Å². The van der Waals surface area contributed by atoms with Gasteiger partial charge in [-0.15, -0.1) is 0 Å². The van der Waals surface area contributed by atoms with Gasteiger partial charge in [0.15, 0.2) is 0 Å². The lowest BCUT2D eigenvalue weighted by molar-refractivity contribution is 0.282. The average Bonchev–Trinajstić information content (AvgIpc) is 2.65. The van der Waals surface area contributed by atoms with Gasteiger partial charge in [-0.25, -0.2) is 4.98 Å². The Hall–Kier alpha value is -1.61. The molecule has 2 rings (SSSR count). The molecule has 3 nitrogen and oxygen atoms in total. The van der Waals surface area contributed by atoms with Gasteiger partial charge in [-0.05, 0) is 11.6 Å². The van der Waals surface area contributed by atoms with Gasteiger partial charge in [-0.3, -0.25) is 0 Å². The highest BCUT2D eigenvalue weighted by Crippen LogP contribution is 2.17. The molecule has 1 N–H and O–H groups in total. The van der Waals surface area contributed by atoms with Crippen molar-refractivity contribution in [1.82, 2.24) is 9.55 Å². The number of aliphatic hydroxyl groups is 1. The summed E-state index contributed by atoms with van der Waals surface area (Å²) >= 11 is 0. The number of imidazole rings is 1. The molecule has 0 aliphatic heterocycles. The third-order valence-corrected chi connectivity index (χ3v) is 2.19. The summed E-state index contributed by atoms with van der Waals surface area (Å²) in [5.74, 6) is 0.917. The van der Waals surface area contributed by atoms with Gasteiger partial charge in [-0.2, -0.15) is 0 Å². The Morgan fingerprint density at radius 2 is 2.29 bits per heavy atom. The van der Waals surface area contributed by atoms with E-state index in [4.69, 9.17) is 5.11 Å². The molecule has 0 saturated carbocycles. The smallest absolute Gasteiger partial charge is 0.139 e. The van der Waals surface area contributed by atoms with Gasteiger partial charge in [0, 0.05) is 25.0 Å². The summed E-state index contributed by atoms with van der Waals surface area (Å²) < 4.78 is 1.95. The molecular weight excluding hydrogens is 176 g/mol. The highest BCUT2D eigenvalue weighted by atomic mass is 16.3. The van der Waals surface area contributed by atoms with Crippen LogP contribution in [0.2, 0.25) is 0 Å². The standard InChI is InChI=1S/C11H12N2O/c1-13-6-5-12-11(13)10-4-2-3-9(7-10)8-14/h2-7,14H,8H2,1H3. The van der Waals surface area contributed by atoms with Crippen molar-refractivity contribution in [3.05, 3.63) is 42.2 Å². The van der Waals surface area contributed by atoms with E-state index in [1.807, 2.05) is 42.1 Å². The molecule has 0 saturated heterocycles. The van der Waals surface area contributed by atoms with Gasteiger partial charge < -0.3 is 9.67 Å². The second-order valence-electron chi connectivity index (χ2n) is 3.22. The van der Waals surface area contributed by atoms with Crippen molar-refractivity contribution in [1.29, 1.82) is 0 Å². The second kappa shape index (κ2) is 3.64. The van der Waals surface area contributed by atoms with E-state index >= 15 is 0 Å². The van der Waals surface area contributed by atoms with E-state index in [1.54, 1.807) is 6.20 Å². The monoisotopic (exact) mass is 188 g/mol. The molecule has 0 amide bonds. The van der Waals surface area contributed by atoms with E-state index < -0.39 is 0 Å². The fraction of sp³-hybridized carbons (Fsp3) is 0.182. The molecule has 0 unspecified atom stereocenters. The van der Waals surface area contributed by atoms with E-state index in [2.05, 4.69) is 4.98 Å². The molecule has 72 valence electrons. The molecule has 3 heteroatoms. The van der Waals surface area contributed by atoms with Gasteiger partial charge >= 0.3 is 0 Å². The lowest BCUT2D eigenvalue weighted by Gasteiger charge is -2.03. The second-order valence-corrected chi connectivity index (χ2v) is 3.22. The Morgan fingerprint density at radius 3 is 2.93 bits per heavy atom. The van der Waals surface area contributed by atoms with Gasteiger partial charge in [0.2, 0.25) is 0 Å². The lowest BCUT2D eigenvalue weighted by atomic mass is 10.1. The molecule has 1 aromatic carbocycles. The largest absolute Gasteiger partial charge is 0.392 e. The van der Waals surface area contributed by atoms with Crippen LogP contribution in [0.5, 0.6) is 0 Å². The molecule has 0 aliphatic rings. The topological polar surface area (TPSA) is 38.0 Å². The first kappa shape index (κ1) is 8.97. The molecule has 0 fully saturated rings. The van der Waals surface area contributed by atoms with Gasteiger partial charge in [-0.1, -0.05) is 18.2 Å². The van der Waals surface area contributed by atoms with Crippen LogP contribution in [-0.4, -0.2) is 14.7 Å².